The van der Waals surface area contributed by atoms with Crippen LogP contribution in [0.25, 0.3) is 5.76 Å². The molecule has 30 heavy (non-hydrogen) atoms. The standard InChI is InChI=1S/C22H22N2O5S/c23-21(28)22(8-4-2-5-9-22)29-20(27)17-18(25)14-12-30-11-13(14)16(19(17)26)15-7-3-1-6-10-24-15/h1,3,6-7,10-12,16,24-25H,2,4-5,8-9H2,(H2,23,28). The minimum Gasteiger partial charge on any atom is -0.506 e. The van der Waals surface area contributed by atoms with Gasteiger partial charge in [-0.05, 0) is 48.8 Å². The van der Waals surface area contributed by atoms with Crippen LogP contribution in [0.3, 0.4) is 0 Å². The van der Waals surface area contributed by atoms with Crippen molar-refractivity contribution in [3.8, 4) is 0 Å². The second kappa shape index (κ2) is 7.95. The van der Waals surface area contributed by atoms with Crippen LogP contribution >= 0.6 is 11.3 Å². The van der Waals surface area contributed by atoms with Crippen LogP contribution in [-0.2, 0) is 19.1 Å². The van der Waals surface area contributed by atoms with Gasteiger partial charge in [-0.25, -0.2) is 4.79 Å². The Labute approximate surface area is 177 Å². The van der Waals surface area contributed by atoms with E-state index in [1.54, 1.807) is 35.2 Å². The minimum atomic E-state index is -1.45. The number of Topliss-reactive ketones (excluding diaryl/α,β-unsaturated/α-hetero) is 1. The zero-order valence-electron chi connectivity index (χ0n) is 16.2. The van der Waals surface area contributed by atoms with Gasteiger partial charge in [0.05, 0.1) is 5.92 Å². The summed E-state index contributed by atoms with van der Waals surface area (Å²) in [5.74, 6) is -3.54. The largest absolute Gasteiger partial charge is 0.506 e. The van der Waals surface area contributed by atoms with Crippen molar-refractivity contribution in [1.29, 1.82) is 0 Å². The van der Waals surface area contributed by atoms with Crippen molar-refractivity contribution in [1.82, 2.24) is 5.32 Å². The molecule has 3 aliphatic rings. The molecule has 1 amide bonds. The first-order valence-corrected chi connectivity index (χ1v) is 10.8. The zero-order valence-corrected chi connectivity index (χ0v) is 17.0. The van der Waals surface area contributed by atoms with Crippen LogP contribution in [0.5, 0.6) is 0 Å². The summed E-state index contributed by atoms with van der Waals surface area (Å²) in [7, 11) is 0. The van der Waals surface area contributed by atoms with Crippen molar-refractivity contribution in [3.63, 3.8) is 0 Å². The molecule has 2 heterocycles. The Morgan fingerprint density at radius 3 is 2.67 bits per heavy atom. The number of amides is 1. The number of hydrogen-bond acceptors (Lipinski definition) is 7. The van der Waals surface area contributed by atoms with Crippen LogP contribution in [-0.4, -0.2) is 28.4 Å². The van der Waals surface area contributed by atoms with Crippen molar-refractivity contribution < 1.29 is 24.2 Å². The van der Waals surface area contributed by atoms with E-state index in [1.807, 2.05) is 6.08 Å². The molecule has 0 saturated heterocycles. The molecule has 0 bridgehead atoms. The maximum atomic E-state index is 13.4. The van der Waals surface area contributed by atoms with E-state index in [9.17, 15) is 19.5 Å². The van der Waals surface area contributed by atoms with E-state index in [1.165, 1.54) is 11.3 Å². The number of hydrogen-bond donors (Lipinski definition) is 3. The molecule has 0 aromatic carbocycles. The first-order valence-electron chi connectivity index (χ1n) is 9.82. The highest BCUT2D eigenvalue weighted by molar-refractivity contribution is 7.08. The Bertz CT molecular complexity index is 1020. The zero-order chi connectivity index (χ0) is 21.3. The molecule has 1 atom stereocenters. The summed E-state index contributed by atoms with van der Waals surface area (Å²) >= 11 is 1.32. The van der Waals surface area contributed by atoms with Crippen molar-refractivity contribution in [3.05, 3.63) is 63.7 Å². The van der Waals surface area contributed by atoms with Crippen LogP contribution < -0.4 is 11.1 Å². The number of aliphatic hydroxyl groups is 1. The summed E-state index contributed by atoms with van der Waals surface area (Å²) in [5.41, 5.74) is 5.26. The number of thiophene rings is 1. The van der Waals surface area contributed by atoms with E-state index in [0.29, 0.717) is 42.5 Å². The Morgan fingerprint density at radius 2 is 1.93 bits per heavy atom. The van der Waals surface area contributed by atoms with Gasteiger partial charge in [0.1, 0.15) is 11.3 Å². The number of carbonyl (C=O) groups excluding carboxylic acids is 3. The van der Waals surface area contributed by atoms with Crippen LogP contribution in [0.15, 0.2) is 52.5 Å². The number of rotatable bonds is 4. The molecular weight excluding hydrogens is 404 g/mol. The third-order valence-electron chi connectivity index (χ3n) is 5.76. The minimum absolute atomic E-state index is 0.311. The number of carbonyl (C=O) groups is 3. The van der Waals surface area contributed by atoms with Gasteiger partial charge in [0, 0.05) is 22.8 Å². The Balaban J connectivity index is 1.73. The van der Waals surface area contributed by atoms with E-state index >= 15 is 0 Å². The number of fused-ring (bicyclic) bond motifs is 1. The lowest BCUT2D eigenvalue weighted by Gasteiger charge is -2.34. The van der Waals surface area contributed by atoms with Crippen LogP contribution in [0.1, 0.15) is 49.1 Å². The predicted octanol–water partition coefficient (Wildman–Crippen LogP) is 2.97. The molecule has 7 nitrogen and oxygen atoms in total. The molecule has 1 aromatic rings. The highest BCUT2D eigenvalue weighted by Crippen LogP contribution is 2.42. The van der Waals surface area contributed by atoms with Crippen molar-refractivity contribution >= 4 is 34.8 Å². The van der Waals surface area contributed by atoms with Gasteiger partial charge in [0.15, 0.2) is 11.4 Å². The normalized spacial score (nSPS) is 22.6. The summed E-state index contributed by atoms with van der Waals surface area (Å²) in [5, 5.41) is 17.3. The van der Waals surface area contributed by atoms with Gasteiger partial charge in [-0.15, -0.1) is 0 Å². The maximum Gasteiger partial charge on any atom is 0.346 e. The molecule has 1 aromatic heterocycles. The number of ketones is 1. The maximum absolute atomic E-state index is 13.4. The molecular formula is C22H22N2O5S. The fourth-order valence-corrected chi connectivity index (χ4v) is 5.03. The number of aliphatic hydroxyl groups excluding tert-OH is 1. The van der Waals surface area contributed by atoms with Gasteiger partial charge in [-0.1, -0.05) is 18.6 Å². The lowest BCUT2D eigenvalue weighted by molar-refractivity contribution is -0.167. The summed E-state index contributed by atoms with van der Waals surface area (Å²) in [6.45, 7) is 0. The van der Waals surface area contributed by atoms with E-state index in [2.05, 4.69) is 5.32 Å². The van der Waals surface area contributed by atoms with E-state index in [-0.39, 0.29) is 0 Å². The second-order valence-electron chi connectivity index (χ2n) is 7.58. The SMILES string of the molecule is NC(=O)C1(OC(=O)C2=C(O)c3cscc3C(C3=CC=CC=CN3)C2=O)CCCCC1. The van der Waals surface area contributed by atoms with Crippen molar-refractivity contribution in [2.75, 3.05) is 0 Å². The second-order valence-corrected chi connectivity index (χ2v) is 8.32. The first kappa shape index (κ1) is 20.2. The average molecular weight is 426 g/mol. The van der Waals surface area contributed by atoms with Crippen molar-refractivity contribution in [2.45, 2.75) is 43.6 Å². The van der Waals surface area contributed by atoms with Crippen LogP contribution in [0.2, 0.25) is 0 Å². The molecule has 8 heteroatoms. The average Bonchev–Trinajstić information content (AvgIpc) is 3.05. The highest BCUT2D eigenvalue weighted by Gasteiger charge is 2.46. The Hall–Kier alpha value is -3.13. The Morgan fingerprint density at radius 1 is 1.17 bits per heavy atom. The fourth-order valence-electron chi connectivity index (χ4n) is 4.17. The molecule has 2 aliphatic carbocycles. The van der Waals surface area contributed by atoms with E-state index in [4.69, 9.17) is 10.5 Å². The predicted molar refractivity (Wildman–Crippen MR) is 112 cm³/mol. The molecule has 1 aliphatic heterocycles. The summed E-state index contributed by atoms with van der Waals surface area (Å²) in [4.78, 5) is 38.6. The van der Waals surface area contributed by atoms with Crippen LogP contribution in [0, 0.1) is 0 Å². The van der Waals surface area contributed by atoms with Gasteiger partial charge < -0.3 is 20.9 Å². The summed E-state index contributed by atoms with van der Waals surface area (Å²) in [6, 6.07) is 0. The van der Waals surface area contributed by atoms with Crippen molar-refractivity contribution in [2.24, 2.45) is 5.73 Å². The lowest BCUT2D eigenvalue weighted by Crippen LogP contribution is -2.49. The van der Waals surface area contributed by atoms with Gasteiger partial charge >= 0.3 is 5.97 Å². The molecule has 0 radical (unpaired) electrons. The number of ether oxygens (including phenoxy) is 1. The van der Waals surface area contributed by atoms with Gasteiger partial charge in [-0.2, -0.15) is 11.3 Å². The highest BCUT2D eigenvalue weighted by atomic mass is 32.1. The number of allylic oxidation sites excluding steroid dienone is 5. The molecule has 156 valence electrons. The van der Waals surface area contributed by atoms with Gasteiger partial charge in [0.25, 0.3) is 5.91 Å². The lowest BCUT2D eigenvalue weighted by atomic mass is 9.80. The third kappa shape index (κ3) is 3.37. The number of nitrogens with one attached hydrogen (secondary N) is 1. The first-order chi connectivity index (χ1) is 14.4. The molecule has 4 N–H and O–H groups in total. The van der Waals surface area contributed by atoms with Crippen LogP contribution in [0.4, 0.5) is 0 Å². The molecule has 4 rings (SSSR count). The molecule has 1 unspecified atom stereocenters. The Kier molecular flexibility index (Phi) is 5.34. The van der Waals surface area contributed by atoms with Gasteiger partial charge in [-0.3, -0.25) is 9.59 Å². The summed E-state index contributed by atoms with van der Waals surface area (Å²) < 4.78 is 5.56. The third-order valence-corrected chi connectivity index (χ3v) is 6.52. The molecule has 0 spiro atoms. The van der Waals surface area contributed by atoms with Gasteiger partial charge in [0.2, 0.25) is 0 Å². The smallest absolute Gasteiger partial charge is 0.346 e. The number of esters is 1. The monoisotopic (exact) mass is 426 g/mol. The van der Waals surface area contributed by atoms with E-state index < -0.39 is 40.5 Å². The quantitative estimate of drug-likeness (QED) is 0.503. The summed E-state index contributed by atoms with van der Waals surface area (Å²) in [6.07, 6.45) is 11.8. The topological polar surface area (TPSA) is 119 Å². The fraction of sp³-hybridized carbons (Fsp3) is 0.318. The molecule has 1 fully saturated rings. The number of nitrogens with two attached hydrogens (primary N) is 1. The number of primary amides is 1. The molecule has 1 saturated carbocycles. The van der Waals surface area contributed by atoms with E-state index in [0.717, 1.165) is 6.42 Å².